The third kappa shape index (κ3) is 3.93. The molecule has 0 aromatic carbocycles. The number of nitrogens with zero attached hydrogens (tertiary/aromatic N) is 1. The smallest absolute Gasteiger partial charge is 0.328 e. The summed E-state index contributed by atoms with van der Waals surface area (Å²) in [5.74, 6) is -4.29. The molecule has 0 bridgehead atoms. The van der Waals surface area contributed by atoms with Crippen molar-refractivity contribution in [1.82, 2.24) is 9.55 Å². The number of aliphatic hydroxyl groups is 2. The zero-order valence-electron chi connectivity index (χ0n) is 16.6. The molecule has 29 heavy (non-hydrogen) atoms. The Morgan fingerprint density at radius 3 is 2.59 bits per heavy atom. The molecule has 5 N–H and O–H groups in total. The van der Waals surface area contributed by atoms with Gasteiger partial charge < -0.3 is 25.4 Å². The molecule has 1 aromatic rings. The first-order valence-corrected chi connectivity index (χ1v) is 9.62. The van der Waals surface area contributed by atoms with Gasteiger partial charge in [-0.05, 0) is 5.92 Å². The van der Waals surface area contributed by atoms with Gasteiger partial charge in [0.05, 0.1) is 5.02 Å². The van der Waals surface area contributed by atoms with E-state index >= 15 is 4.39 Å². The molecular formula is C14H22B3ClFN3O6S. The Bertz CT molecular complexity index is 933. The molecule has 9 nitrogen and oxygen atoms in total. The topological polar surface area (TPSA) is 140 Å². The minimum absolute atomic E-state index is 0.0592. The minimum Gasteiger partial charge on any atom is -0.471 e. The molecule has 2 heterocycles. The summed E-state index contributed by atoms with van der Waals surface area (Å²) in [5, 5.41) is 18.9. The summed E-state index contributed by atoms with van der Waals surface area (Å²) in [4.78, 5) is 26.8. The van der Waals surface area contributed by atoms with Crippen molar-refractivity contribution in [3.8, 4) is 0 Å². The Morgan fingerprint density at radius 2 is 2.07 bits per heavy atom. The van der Waals surface area contributed by atoms with Gasteiger partial charge in [0, 0.05) is 6.20 Å². The second-order valence-electron chi connectivity index (χ2n) is 8.00. The fourth-order valence-corrected chi connectivity index (χ4v) is 3.31. The molecular weight excluding hydrogens is 425 g/mol. The standard InChI is InChI=1S/C14H22B3ClFN3O6S/c1-4(2)6(20)10(25)27-14(16,17)12(19)7(23)8(24)13(15,28-12)22-3-5(18)9(29)21-11(22)26/h3-4,6-8,23-24H,15-17,20H2,1-2H3,(H,21,26,29)/t6-,7-,8+,12-,13-/m0/s1. The van der Waals surface area contributed by atoms with Gasteiger partial charge in [-0.1, -0.05) is 37.7 Å². The van der Waals surface area contributed by atoms with E-state index in [4.69, 9.17) is 39.0 Å². The van der Waals surface area contributed by atoms with Gasteiger partial charge in [-0.2, -0.15) is 0 Å². The molecule has 0 spiro atoms. The third-order valence-electron chi connectivity index (χ3n) is 5.13. The van der Waals surface area contributed by atoms with Crippen LogP contribution in [-0.2, 0) is 19.9 Å². The lowest BCUT2D eigenvalue weighted by Crippen LogP contribution is -2.62. The fraction of sp³-hybridized carbons (Fsp3) is 0.643. The highest BCUT2D eigenvalue weighted by molar-refractivity contribution is 7.71. The normalized spacial score (nSPS) is 31.0. The molecule has 1 fully saturated rings. The number of aromatic nitrogens is 2. The fourth-order valence-electron chi connectivity index (χ4n) is 3.03. The Morgan fingerprint density at radius 1 is 1.52 bits per heavy atom. The number of aromatic amines is 1. The number of hydrogen-bond acceptors (Lipinski definition) is 8. The second kappa shape index (κ2) is 7.82. The molecule has 0 radical (unpaired) electrons. The Labute approximate surface area is 178 Å². The van der Waals surface area contributed by atoms with Crippen LogP contribution in [0.3, 0.4) is 0 Å². The van der Waals surface area contributed by atoms with Crippen molar-refractivity contribution in [3.05, 3.63) is 26.3 Å². The van der Waals surface area contributed by atoms with E-state index in [-0.39, 0.29) is 15.6 Å². The zero-order chi connectivity index (χ0) is 22.5. The maximum atomic E-state index is 15.9. The van der Waals surface area contributed by atoms with Crippen molar-refractivity contribution in [3.63, 3.8) is 0 Å². The predicted molar refractivity (Wildman–Crippen MR) is 113 cm³/mol. The van der Waals surface area contributed by atoms with Crippen molar-refractivity contribution in [2.75, 3.05) is 0 Å². The van der Waals surface area contributed by atoms with Gasteiger partial charge in [-0.15, -0.1) is 0 Å². The number of rotatable bonds is 5. The van der Waals surface area contributed by atoms with E-state index in [1.165, 1.54) is 7.85 Å². The highest BCUT2D eigenvalue weighted by Crippen LogP contribution is 2.46. The van der Waals surface area contributed by atoms with E-state index in [0.717, 1.165) is 26.5 Å². The van der Waals surface area contributed by atoms with Crippen LogP contribution in [0.25, 0.3) is 0 Å². The number of hydrogen-bond donors (Lipinski definition) is 4. The number of nitrogens with one attached hydrogen (secondary N) is 1. The van der Waals surface area contributed by atoms with Crippen LogP contribution in [0.15, 0.2) is 11.0 Å². The van der Waals surface area contributed by atoms with Crippen LogP contribution >= 0.6 is 23.8 Å². The lowest BCUT2D eigenvalue weighted by atomic mass is 9.59. The number of esters is 1. The second-order valence-corrected chi connectivity index (χ2v) is 8.81. The number of aliphatic hydroxyl groups excluding tert-OH is 2. The molecule has 1 saturated heterocycles. The van der Waals surface area contributed by atoms with Crippen LogP contribution in [-0.4, -0.2) is 78.8 Å². The van der Waals surface area contributed by atoms with E-state index in [0.29, 0.717) is 0 Å². The number of alkyl halides is 1. The maximum Gasteiger partial charge on any atom is 0.328 e. The highest BCUT2D eigenvalue weighted by atomic mass is 35.5. The van der Waals surface area contributed by atoms with Crippen LogP contribution < -0.4 is 11.4 Å². The molecule has 2 rings (SSSR count). The summed E-state index contributed by atoms with van der Waals surface area (Å²) in [6, 6.07) is -1.04. The van der Waals surface area contributed by atoms with Gasteiger partial charge >= 0.3 is 11.7 Å². The van der Waals surface area contributed by atoms with Gasteiger partial charge in [-0.25, -0.2) is 9.18 Å². The summed E-state index contributed by atoms with van der Waals surface area (Å²) < 4.78 is 27.2. The number of nitrogens with two attached hydrogens (primary N) is 1. The largest absolute Gasteiger partial charge is 0.471 e. The van der Waals surface area contributed by atoms with Gasteiger partial charge in [0.2, 0.25) is 0 Å². The van der Waals surface area contributed by atoms with Crippen LogP contribution in [0.1, 0.15) is 13.8 Å². The van der Waals surface area contributed by atoms with Crippen LogP contribution in [0.5, 0.6) is 0 Å². The van der Waals surface area contributed by atoms with E-state index in [2.05, 4.69) is 4.98 Å². The molecule has 0 saturated carbocycles. The van der Waals surface area contributed by atoms with Crippen molar-refractivity contribution in [2.24, 2.45) is 11.7 Å². The predicted octanol–water partition coefficient (Wildman–Crippen LogP) is -3.33. The number of carbonyl (C=O) groups is 1. The highest BCUT2D eigenvalue weighted by Gasteiger charge is 2.68. The minimum atomic E-state index is -3.09. The SMILES string of the molecule is BC(B)(OC(=O)[C@@H](N)C(C)C)[C@@]1(F)O[C@@](B)(n2cc(Cl)c(=S)[nH]c2=O)[C@H](O)[C@@H]1O. The first-order valence-electron chi connectivity index (χ1n) is 8.84. The molecule has 1 aliphatic rings. The van der Waals surface area contributed by atoms with Gasteiger partial charge in [0.1, 0.15) is 33.9 Å². The van der Waals surface area contributed by atoms with Crippen molar-refractivity contribution < 1.29 is 28.9 Å². The van der Waals surface area contributed by atoms with Crippen molar-refractivity contribution >= 4 is 53.3 Å². The van der Waals surface area contributed by atoms with E-state index in [9.17, 15) is 19.8 Å². The number of H-pyrrole nitrogens is 1. The van der Waals surface area contributed by atoms with E-state index in [1.54, 1.807) is 13.8 Å². The number of halogens is 2. The molecule has 158 valence electrons. The quantitative estimate of drug-likeness (QED) is 0.209. The van der Waals surface area contributed by atoms with Gasteiger partial charge in [0.25, 0.3) is 5.85 Å². The van der Waals surface area contributed by atoms with E-state index in [1.807, 2.05) is 0 Å². The van der Waals surface area contributed by atoms with E-state index < -0.39 is 46.8 Å². The average molecular weight is 447 g/mol. The average Bonchev–Trinajstić information content (AvgIpc) is 2.79. The van der Waals surface area contributed by atoms with Crippen molar-refractivity contribution in [2.45, 2.75) is 49.0 Å². The maximum absolute atomic E-state index is 15.9. The van der Waals surface area contributed by atoms with Gasteiger partial charge in [0.15, 0.2) is 23.5 Å². The summed E-state index contributed by atoms with van der Waals surface area (Å²) in [5.41, 5.74) is 2.79. The molecule has 1 aliphatic heterocycles. The lowest BCUT2D eigenvalue weighted by molar-refractivity contribution is -0.250. The monoisotopic (exact) mass is 447 g/mol. The van der Waals surface area contributed by atoms with Crippen molar-refractivity contribution in [1.29, 1.82) is 0 Å². The van der Waals surface area contributed by atoms with Gasteiger partial charge in [-0.3, -0.25) is 14.3 Å². The summed E-state index contributed by atoms with van der Waals surface area (Å²) in [6.45, 7) is 3.36. The summed E-state index contributed by atoms with van der Waals surface area (Å²) >= 11 is 10.8. The number of ether oxygens (including phenoxy) is 2. The first kappa shape index (κ1) is 24.1. The molecule has 15 heteroatoms. The zero-order valence-corrected chi connectivity index (χ0v) is 18.2. The lowest BCUT2D eigenvalue weighted by Gasteiger charge is -2.40. The molecule has 0 aliphatic carbocycles. The summed E-state index contributed by atoms with van der Waals surface area (Å²) in [7, 11) is 3.50. The Hall–Kier alpha value is -1.18. The molecule has 5 atom stereocenters. The molecule has 1 aromatic heterocycles. The molecule has 0 amide bonds. The van der Waals surface area contributed by atoms with Crippen LogP contribution in [0.4, 0.5) is 4.39 Å². The van der Waals surface area contributed by atoms with Crippen LogP contribution in [0, 0.1) is 10.6 Å². The third-order valence-corrected chi connectivity index (χ3v) is 5.85. The Kier molecular flexibility index (Phi) is 6.50. The Balaban J connectivity index is 2.48. The van der Waals surface area contributed by atoms with Crippen LogP contribution in [0.2, 0.25) is 5.02 Å². The summed E-state index contributed by atoms with van der Waals surface area (Å²) in [6.07, 6.45) is -3.06. The first-order chi connectivity index (χ1) is 13.1. The molecule has 0 unspecified atom stereocenters. The number of carbonyl (C=O) groups excluding carboxylic acids is 1.